The zero-order valence-corrected chi connectivity index (χ0v) is 11.4. The molecule has 0 spiro atoms. The molecular formula is C16H26. The molecule has 0 aliphatic heterocycles. The molecule has 0 radical (unpaired) electrons. The Morgan fingerprint density at radius 2 is 1.50 bits per heavy atom. The molecule has 0 aliphatic carbocycles. The highest BCUT2D eigenvalue weighted by Gasteiger charge is 2.03. The lowest BCUT2D eigenvalue weighted by molar-refractivity contribution is 0.631. The maximum atomic E-state index is 2.32. The van der Waals surface area contributed by atoms with Crippen molar-refractivity contribution in [2.24, 2.45) is 0 Å². The third kappa shape index (κ3) is 3.66. The quantitative estimate of drug-likeness (QED) is 0.581. The zero-order valence-electron chi connectivity index (χ0n) is 11.4. The van der Waals surface area contributed by atoms with Crippen LogP contribution in [0.2, 0.25) is 0 Å². The normalized spacial score (nSPS) is 10.8. The second kappa shape index (κ2) is 6.73. The van der Waals surface area contributed by atoms with Crippen LogP contribution in [0.1, 0.15) is 61.3 Å². The van der Waals surface area contributed by atoms with Gasteiger partial charge in [-0.2, -0.15) is 0 Å². The molecule has 0 bridgehead atoms. The third-order valence-electron chi connectivity index (χ3n) is 3.72. The number of benzene rings is 1. The summed E-state index contributed by atoms with van der Waals surface area (Å²) in [4.78, 5) is 0. The van der Waals surface area contributed by atoms with Crippen molar-refractivity contribution in [2.45, 2.75) is 66.2 Å². The molecule has 0 aliphatic rings. The van der Waals surface area contributed by atoms with Crippen LogP contribution in [0.4, 0.5) is 0 Å². The fourth-order valence-corrected chi connectivity index (χ4v) is 2.20. The van der Waals surface area contributed by atoms with Crippen LogP contribution in [0, 0.1) is 20.8 Å². The van der Waals surface area contributed by atoms with E-state index in [1.807, 2.05) is 0 Å². The van der Waals surface area contributed by atoms with Crippen molar-refractivity contribution >= 4 is 0 Å². The Hall–Kier alpha value is -0.780. The molecule has 1 rings (SSSR count). The summed E-state index contributed by atoms with van der Waals surface area (Å²) in [5.74, 6) is 0. The summed E-state index contributed by atoms with van der Waals surface area (Å²) < 4.78 is 0. The van der Waals surface area contributed by atoms with Crippen molar-refractivity contribution in [3.8, 4) is 0 Å². The minimum Gasteiger partial charge on any atom is -0.0654 e. The van der Waals surface area contributed by atoms with E-state index in [0.29, 0.717) is 0 Å². The van der Waals surface area contributed by atoms with Crippen LogP contribution in [0.5, 0.6) is 0 Å². The molecule has 1 aromatic carbocycles. The van der Waals surface area contributed by atoms with Gasteiger partial charge in [0.15, 0.2) is 0 Å². The maximum Gasteiger partial charge on any atom is -0.0276 e. The number of rotatable bonds is 6. The van der Waals surface area contributed by atoms with Crippen LogP contribution in [-0.4, -0.2) is 0 Å². The van der Waals surface area contributed by atoms with Gasteiger partial charge >= 0.3 is 0 Å². The number of hydrogen-bond acceptors (Lipinski definition) is 0. The molecule has 1 aromatic rings. The van der Waals surface area contributed by atoms with Crippen molar-refractivity contribution in [3.05, 3.63) is 34.4 Å². The molecule has 0 saturated heterocycles. The Kier molecular flexibility index (Phi) is 5.59. The van der Waals surface area contributed by atoms with Crippen molar-refractivity contribution in [1.29, 1.82) is 0 Å². The van der Waals surface area contributed by atoms with Gasteiger partial charge in [-0.05, 0) is 55.9 Å². The average Bonchev–Trinajstić information content (AvgIpc) is 2.28. The predicted molar refractivity (Wildman–Crippen MR) is 73.1 cm³/mol. The van der Waals surface area contributed by atoms with E-state index in [2.05, 4.69) is 39.8 Å². The Morgan fingerprint density at radius 1 is 0.812 bits per heavy atom. The van der Waals surface area contributed by atoms with Crippen LogP contribution in [0.3, 0.4) is 0 Å². The van der Waals surface area contributed by atoms with Gasteiger partial charge in [-0.1, -0.05) is 44.7 Å². The highest BCUT2D eigenvalue weighted by Crippen LogP contribution is 2.19. The van der Waals surface area contributed by atoms with Gasteiger partial charge in [0.2, 0.25) is 0 Å². The minimum absolute atomic E-state index is 1.26. The van der Waals surface area contributed by atoms with Gasteiger partial charge in [-0.15, -0.1) is 0 Å². The first-order chi connectivity index (χ1) is 7.66. The van der Waals surface area contributed by atoms with E-state index >= 15 is 0 Å². The van der Waals surface area contributed by atoms with Crippen LogP contribution >= 0.6 is 0 Å². The smallest absolute Gasteiger partial charge is 0.0276 e. The molecule has 0 heterocycles. The molecule has 0 unspecified atom stereocenters. The molecule has 0 amide bonds. The van der Waals surface area contributed by atoms with Gasteiger partial charge < -0.3 is 0 Å². The Balaban J connectivity index is 2.45. The highest BCUT2D eigenvalue weighted by atomic mass is 14.1. The third-order valence-corrected chi connectivity index (χ3v) is 3.72. The van der Waals surface area contributed by atoms with E-state index in [0.717, 1.165) is 0 Å². The molecule has 0 saturated carbocycles. The van der Waals surface area contributed by atoms with Gasteiger partial charge in [0, 0.05) is 0 Å². The molecule has 16 heavy (non-hydrogen) atoms. The van der Waals surface area contributed by atoms with Gasteiger partial charge in [-0.25, -0.2) is 0 Å². The maximum absolute atomic E-state index is 2.32. The summed E-state index contributed by atoms with van der Waals surface area (Å²) in [6.07, 6.45) is 8.13. The van der Waals surface area contributed by atoms with Gasteiger partial charge in [0.1, 0.15) is 0 Å². The fourth-order valence-electron chi connectivity index (χ4n) is 2.20. The molecule has 0 atom stereocenters. The van der Waals surface area contributed by atoms with E-state index < -0.39 is 0 Å². The Bertz CT molecular complexity index is 323. The van der Waals surface area contributed by atoms with Crippen LogP contribution in [0.15, 0.2) is 12.1 Å². The summed E-state index contributed by atoms with van der Waals surface area (Å²) in [7, 11) is 0. The van der Waals surface area contributed by atoms with E-state index in [1.165, 1.54) is 55.2 Å². The summed E-state index contributed by atoms with van der Waals surface area (Å²) in [5, 5.41) is 0. The molecule has 0 heteroatoms. The second-order valence-corrected chi connectivity index (χ2v) is 4.96. The summed E-state index contributed by atoms with van der Waals surface area (Å²) in [6, 6.07) is 4.58. The van der Waals surface area contributed by atoms with Gasteiger partial charge in [0.25, 0.3) is 0 Å². The molecule has 90 valence electrons. The number of unbranched alkanes of at least 4 members (excludes halogenated alkanes) is 4. The van der Waals surface area contributed by atoms with Crippen molar-refractivity contribution in [2.75, 3.05) is 0 Å². The van der Waals surface area contributed by atoms with E-state index in [-0.39, 0.29) is 0 Å². The fraction of sp³-hybridized carbons (Fsp3) is 0.625. The lowest BCUT2D eigenvalue weighted by Gasteiger charge is -2.11. The predicted octanol–water partition coefficient (Wildman–Crippen LogP) is 5.12. The van der Waals surface area contributed by atoms with Crippen molar-refractivity contribution in [3.63, 3.8) is 0 Å². The van der Waals surface area contributed by atoms with E-state index in [4.69, 9.17) is 0 Å². The van der Waals surface area contributed by atoms with E-state index in [9.17, 15) is 0 Å². The van der Waals surface area contributed by atoms with Crippen LogP contribution in [-0.2, 0) is 6.42 Å². The van der Waals surface area contributed by atoms with Crippen LogP contribution in [0.25, 0.3) is 0 Å². The molecule has 0 fully saturated rings. The Morgan fingerprint density at radius 3 is 2.19 bits per heavy atom. The SMILES string of the molecule is CCCCCCCc1ccc(C)c(C)c1C. The second-order valence-electron chi connectivity index (χ2n) is 4.96. The summed E-state index contributed by atoms with van der Waals surface area (Å²) >= 11 is 0. The first kappa shape index (κ1) is 13.3. The standard InChI is InChI=1S/C16H26/c1-5-6-7-8-9-10-16-12-11-13(2)14(3)15(16)4/h11-12H,5-10H2,1-4H3. The van der Waals surface area contributed by atoms with E-state index in [1.54, 1.807) is 5.56 Å². The summed E-state index contributed by atoms with van der Waals surface area (Å²) in [5.41, 5.74) is 5.97. The van der Waals surface area contributed by atoms with Crippen molar-refractivity contribution < 1.29 is 0 Å². The molecule has 0 N–H and O–H groups in total. The summed E-state index contributed by atoms with van der Waals surface area (Å²) in [6.45, 7) is 8.98. The Labute approximate surface area is 101 Å². The lowest BCUT2D eigenvalue weighted by Crippen LogP contribution is -1.95. The highest BCUT2D eigenvalue weighted by molar-refractivity contribution is 5.38. The monoisotopic (exact) mass is 218 g/mol. The molecular weight excluding hydrogens is 192 g/mol. The largest absolute Gasteiger partial charge is 0.0654 e. The number of aryl methyl sites for hydroxylation is 2. The van der Waals surface area contributed by atoms with Crippen molar-refractivity contribution in [1.82, 2.24) is 0 Å². The minimum atomic E-state index is 1.26. The van der Waals surface area contributed by atoms with Gasteiger partial charge in [-0.3, -0.25) is 0 Å². The topological polar surface area (TPSA) is 0 Å². The lowest BCUT2D eigenvalue weighted by atomic mass is 9.95. The van der Waals surface area contributed by atoms with Gasteiger partial charge in [0.05, 0.1) is 0 Å². The molecule has 0 nitrogen and oxygen atoms in total. The number of hydrogen-bond donors (Lipinski definition) is 0. The molecule has 0 aromatic heterocycles. The van der Waals surface area contributed by atoms with Crippen LogP contribution < -0.4 is 0 Å². The average molecular weight is 218 g/mol. The zero-order chi connectivity index (χ0) is 12.0. The first-order valence-corrected chi connectivity index (χ1v) is 6.72. The first-order valence-electron chi connectivity index (χ1n) is 6.72.